The number of amides is 1. The second-order valence-electron chi connectivity index (χ2n) is 6.95. The van der Waals surface area contributed by atoms with Crippen molar-refractivity contribution in [3.63, 3.8) is 0 Å². The van der Waals surface area contributed by atoms with E-state index in [-0.39, 0.29) is 11.9 Å². The highest BCUT2D eigenvalue weighted by Crippen LogP contribution is 2.25. The molecule has 0 unspecified atom stereocenters. The van der Waals surface area contributed by atoms with Gasteiger partial charge in [0.15, 0.2) is 0 Å². The Hall–Kier alpha value is -2.95. The zero-order valence-electron chi connectivity index (χ0n) is 16.2. The van der Waals surface area contributed by atoms with Gasteiger partial charge in [0.05, 0.1) is 11.7 Å². The number of carbonyl (C=O) groups excluding carboxylic acids is 1. The van der Waals surface area contributed by atoms with Crippen molar-refractivity contribution in [3.8, 4) is 0 Å². The number of rotatable bonds is 6. The molecule has 140 valence electrons. The van der Waals surface area contributed by atoms with Gasteiger partial charge in [-0.2, -0.15) is 0 Å². The number of nitrogens with zero attached hydrogens (tertiary/aromatic N) is 2. The van der Waals surface area contributed by atoms with E-state index in [1.165, 1.54) is 5.56 Å². The molecule has 1 N–H and O–H groups in total. The summed E-state index contributed by atoms with van der Waals surface area (Å²) in [4.78, 5) is 16.9. The Morgan fingerprint density at radius 3 is 2.63 bits per heavy atom. The van der Waals surface area contributed by atoms with E-state index in [0.717, 1.165) is 33.7 Å². The van der Waals surface area contributed by atoms with Gasteiger partial charge < -0.3 is 9.84 Å². The second-order valence-corrected chi connectivity index (χ2v) is 6.95. The van der Waals surface area contributed by atoms with Crippen LogP contribution in [0.2, 0.25) is 0 Å². The molecule has 0 aliphatic carbocycles. The van der Waals surface area contributed by atoms with E-state index < -0.39 is 0 Å². The van der Waals surface area contributed by atoms with E-state index in [9.17, 15) is 4.79 Å². The van der Waals surface area contributed by atoms with Gasteiger partial charge in [0.25, 0.3) is 0 Å². The van der Waals surface area contributed by atoms with Crippen LogP contribution in [0, 0.1) is 27.7 Å². The molecule has 5 heteroatoms. The van der Waals surface area contributed by atoms with Crippen molar-refractivity contribution >= 4 is 5.91 Å². The fourth-order valence-electron chi connectivity index (χ4n) is 3.37. The third-order valence-corrected chi connectivity index (χ3v) is 4.84. The lowest BCUT2D eigenvalue weighted by Crippen LogP contribution is -2.30. The summed E-state index contributed by atoms with van der Waals surface area (Å²) >= 11 is 0. The van der Waals surface area contributed by atoms with Gasteiger partial charge in [-0.3, -0.25) is 9.78 Å². The zero-order valence-corrected chi connectivity index (χ0v) is 16.2. The summed E-state index contributed by atoms with van der Waals surface area (Å²) in [7, 11) is 0. The van der Waals surface area contributed by atoms with Crippen LogP contribution in [0.1, 0.15) is 51.7 Å². The molecule has 2 aromatic heterocycles. The molecule has 3 aromatic rings. The number of aryl methyl sites for hydroxylation is 4. The lowest BCUT2D eigenvalue weighted by molar-refractivity contribution is -0.121. The molecule has 1 amide bonds. The first-order chi connectivity index (χ1) is 13.0. The average Bonchev–Trinajstić information content (AvgIpc) is 2.97. The third-order valence-electron chi connectivity index (χ3n) is 4.84. The third kappa shape index (κ3) is 4.42. The molecule has 27 heavy (non-hydrogen) atoms. The first-order valence-electron chi connectivity index (χ1n) is 9.14. The number of aromatic nitrogens is 2. The van der Waals surface area contributed by atoms with Crippen molar-refractivity contribution in [1.82, 2.24) is 15.5 Å². The molecule has 0 spiro atoms. The van der Waals surface area contributed by atoms with Crippen LogP contribution in [0.5, 0.6) is 0 Å². The number of nitrogens with one attached hydrogen (secondary N) is 1. The van der Waals surface area contributed by atoms with Crippen molar-refractivity contribution in [2.24, 2.45) is 0 Å². The SMILES string of the molecule is Cc1ccc([C@H](NC(=O)CCc2c(C)noc2C)c2cccnc2)c(C)c1. The average molecular weight is 363 g/mol. The first-order valence-corrected chi connectivity index (χ1v) is 9.14. The van der Waals surface area contributed by atoms with Crippen LogP contribution in [0.4, 0.5) is 0 Å². The standard InChI is InChI=1S/C22H25N3O2/c1-14-7-8-19(15(2)12-14)22(18-6-5-11-23-13-18)24-21(26)10-9-20-16(3)25-27-17(20)4/h5-8,11-13,22H,9-10H2,1-4H3,(H,24,26)/t22-/m1/s1. The Bertz CT molecular complexity index is 912. The fraction of sp³-hybridized carbons (Fsp3) is 0.318. The highest BCUT2D eigenvalue weighted by atomic mass is 16.5. The molecule has 0 saturated carbocycles. The second kappa shape index (κ2) is 8.16. The molecule has 0 bridgehead atoms. The number of benzene rings is 1. The number of hydrogen-bond donors (Lipinski definition) is 1. The monoisotopic (exact) mass is 363 g/mol. The van der Waals surface area contributed by atoms with Crippen LogP contribution in [-0.4, -0.2) is 16.0 Å². The molecular formula is C22H25N3O2. The topological polar surface area (TPSA) is 68.0 Å². The Balaban J connectivity index is 1.80. The molecule has 1 atom stereocenters. The van der Waals surface area contributed by atoms with Crippen LogP contribution in [0.3, 0.4) is 0 Å². The predicted octanol–water partition coefficient (Wildman–Crippen LogP) is 4.14. The van der Waals surface area contributed by atoms with Crippen molar-refractivity contribution in [2.45, 2.75) is 46.6 Å². The normalized spacial score (nSPS) is 12.0. The van der Waals surface area contributed by atoms with Gasteiger partial charge in [-0.15, -0.1) is 0 Å². The molecule has 3 rings (SSSR count). The van der Waals surface area contributed by atoms with Crippen molar-refractivity contribution in [1.29, 1.82) is 0 Å². The zero-order chi connectivity index (χ0) is 19.4. The summed E-state index contributed by atoms with van der Waals surface area (Å²) in [5.41, 5.74) is 6.25. The molecule has 0 aliphatic heterocycles. The van der Waals surface area contributed by atoms with E-state index in [2.05, 4.69) is 47.5 Å². The first kappa shape index (κ1) is 18.8. The Morgan fingerprint density at radius 1 is 1.19 bits per heavy atom. The van der Waals surface area contributed by atoms with Crippen molar-refractivity contribution < 1.29 is 9.32 Å². The number of carbonyl (C=O) groups is 1. The Morgan fingerprint density at radius 2 is 2.00 bits per heavy atom. The van der Waals surface area contributed by atoms with Gasteiger partial charge in [0.2, 0.25) is 5.91 Å². The van der Waals surface area contributed by atoms with Crippen LogP contribution in [0.15, 0.2) is 47.2 Å². The van der Waals surface area contributed by atoms with E-state index in [4.69, 9.17) is 4.52 Å². The molecular weight excluding hydrogens is 338 g/mol. The molecule has 2 heterocycles. The van der Waals surface area contributed by atoms with Gasteiger partial charge in [-0.25, -0.2) is 0 Å². The Labute approximate surface area is 159 Å². The van der Waals surface area contributed by atoms with E-state index in [1.807, 2.05) is 26.0 Å². The highest BCUT2D eigenvalue weighted by molar-refractivity contribution is 5.77. The molecule has 1 aromatic carbocycles. The lowest BCUT2D eigenvalue weighted by Gasteiger charge is -2.22. The van der Waals surface area contributed by atoms with Crippen LogP contribution in [0.25, 0.3) is 0 Å². The maximum absolute atomic E-state index is 12.7. The summed E-state index contributed by atoms with van der Waals surface area (Å²) in [6.07, 6.45) is 4.53. The van der Waals surface area contributed by atoms with Crippen molar-refractivity contribution in [2.75, 3.05) is 0 Å². The summed E-state index contributed by atoms with van der Waals surface area (Å²) < 4.78 is 5.18. The maximum Gasteiger partial charge on any atom is 0.221 e. The fourth-order valence-corrected chi connectivity index (χ4v) is 3.37. The van der Waals surface area contributed by atoms with Crippen molar-refractivity contribution in [3.05, 3.63) is 82.0 Å². The van der Waals surface area contributed by atoms with Gasteiger partial charge >= 0.3 is 0 Å². The van der Waals surface area contributed by atoms with Crippen LogP contribution < -0.4 is 5.32 Å². The van der Waals surface area contributed by atoms with Crippen LogP contribution >= 0.6 is 0 Å². The lowest BCUT2D eigenvalue weighted by atomic mass is 9.94. The largest absolute Gasteiger partial charge is 0.361 e. The quantitative estimate of drug-likeness (QED) is 0.715. The highest BCUT2D eigenvalue weighted by Gasteiger charge is 2.20. The summed E-state index contributed by atoms with van der Waals surface area (Å²) in [5.74, 6) is 0.766. The van der Waals surface area contributed by atoms with Gasteiger partial charge in [-0.1, -0.05) is 35.0 Å². The number of hydrogen-bond acceptors (Lipinski definition) is 4. The minimum atomic E-state index is -0.225. The summed E-state index contributed by atoms with van der Waals surface area (Å²) in [5, 5.41) is 7.14. The van der Waals surface area contributed by atoms with Gasteiger partial charge in [0, 0.05) is 24.4 Å². The molecule has 5 nitrogen and oxygen atoms in total. The van der Waals surface area contributed by atoms with E-state index in [1.54, 1.807) is 12.4 Å². The maximum atomic E-state index is 12.7. The minimum Gasteiger partial charge on any atom is -0.361 e. The summed E-state index contributed by atoms with van der Waals surface area (Å²) in [6, 6.07) is 9.94. The van der Waals surface area contributed by atoms with Gasteiger partial charge in [0.1, 0.15) is 5.76 Å². The molecule has 0 aliphatic rings. The molecule has 0 fully saturated rings. The van der Waals surface area contributed by atoms with E-state index >= 15 is 0 Å². The van der Waals surface area contributed by atoms with Gasteiger partial charge in [-0.05, 0) is 56.9 Å². The molecule has 0 saturated heterocycles. The smallest absolute Gasteiger partial charge is 0.221 e. The summed E-state index contributed by atoms with van der Waals surface area (Å²) in [6.45, 7) is 7.92. The number of pyridine rings is 1. The van der Waals surface area contributed by atoms with E-state index in [0.29, 0.717) is 12.8 Å². The van der Waals surface area contributed by atoms with Crippen LogP contribution in [-0.2, 0) is 11.2 Å². The minimum absolute atomic E-state index is 0.0103. The predicted molar refractivity (Wildman–Crippen MR) is 104 cm³/mol. The molecule has 0 radical (unpaired) electrons. The Kier molecular flexibility index (Phi) is 5.69.